The predicted molar refractivity (Wildman–Crippen MR) is 66.4 cm³/mol. The lowest BCUT2D eigenvalue weighted by atomic mass is 9.94. The van der Waals surface area contributed by atoms with E-state index in [1.165, 1.54) is 0 Å². The molecular formula is C12H22N2O4. The average Bonchev–Trinajstić information content (AvgIpc) is 2.79. The first kappa shape index (κ1) is 14.8. The number of urea groups is 1. The molecule has 1 unspecified atom stereocenters. The van der Waals surface area contributed by atoms with Crippen molar-refractivity contribution < 1.29 is 19.4 Å². The molecule has 1 fully saturated rings. The Morgan fingerprint density at radius 1 is 1.39 bits per heavy atom. The zero-order chi connectivity index (χ0) is 13.6. The maximum atomic E-state index is 11.4. The van der Waals surface area contributed by atoms with Gasteiger partial charge in [0.05, 0.1) is 11.5 Å². The maximum absolute atomic E-state index is 11.4. The van der Waals surface area contributed by atoms with Gasteiger partial charge in [0.2, 0.25) is 0 Å². The van der Waals surface area contributed by atoms with E-state index in [1.54, 1.807) is 13.8 Å². The standard InChI is InChI=1S/C12H22N2O4/c1-12(2,10(15)16)8-14-11(17)13-6-5-9-4-3-7-18-9/h9H,3-8H2,1-2H3,(H,15,16)(H2,13,14,17). The zero-order valence-electron chi connectivity index (χ0n) is 11.0. The summed E-state index contributed by atoms with van der Waals surface area (Å²) in [6.45, 7) is 4.60. The van der Waals surface area contributed by atoms with Gasteiger partial charge in [-0.15, -0.1) is 0 Å². The molecule has 3 N–H and O–H groups in total. The molecular weight excluding hydrogens is 236 g/mol. The lowest BCUT2D eigenvalue weighted by Crippen LogP contribution is -2.44. The Hall–Kier alpha value is -1.30. The van der Waals surface area contributed by atoms with Crippen molar-refractivity contribution in [1.29, 1.82) is 0 Å². The number of amides is 2. The molecule has 1 aliphatic rings. The predicted octanol–water partition coefficient (Wildman–Crippen LogP) is 0.965. The van der Waals surface area contributed by atoms with Gasteiger partial charge in [-0.25, -0.2) is 4.79 Å². The minimum atomic E-state index is -0.952. The van der Waals surface area contributed by atoms with E-state index in [1.807, 2.05) is 0 Å². The fourth-order valence-electron chi connectivity index (χ4n) is 1.66. The van der Waals surface area contributed by atoms with E-state index in [9.17, 15) is 9.59 Å². The molecule has 6 heteroatoms. The van der Waals surface area contributed by atoms with Gasteiger partial charge in [-0.05, 0) is 33.1 Å². The minimum absolute atomic E-state index is 0.105. The molecule has 0 aromatic heterocycles. The molecule has 0 spiro atoms. The Kier molecular flexibility index (Phi) is 5.40. The summed E-state index contributed by atoms with van der Waals surface area (Å²) in [5.74, 6) is -0.929. The number of rotatable bonds is 6. The number of aliphatic carboxylic acids is 1. The quantitative estimate of drug-likeness (QED) is 0.662. The maximum Gasteiger partial charge on any atom is 0.314 e. The van der Waals surface area contributed by atoms with E-state index in [4.69, 9.17) is 9.84 Å². The number of carboxylic acid groups (broad SMARTS) is 1. The number of carbonyl (C=O) groups excluding carboxylic acids is 1. The van der Waals surface area contributed by atoms with Gasteiger partial charge >= 0.3 is 12.0 Å². The van der Waals surface area contributed by atoms with E-state index in [0.717, 1.165) is 25.9 Å². The molecule has 104 valence electrons. The van der Waals surface area contributed by atoms with Crippen LogP contribution in [-0.4, -0.2) is 42.9 Å². The molecule has 1 aliphatic heterocycles. The molecule has 1 heterocycles. The van der Waals surface area contributed by atoms with Crippen LogP contribution in [0.2, 0.25) is 0 Å². The zero-order valence-corrected chi connectivity index (χ0v) is 11.0. The van der Waals surface area contributed by atoms with Gasteiger partial charge < -0.3 is 20.5 Å². The summed E-state index contributed by atoms with van der Waals surface area (Å²) in [5.41, 5.74) is -0.952. The molecule has 1 rings (SSSR count). The smallest absolute Gasteiger partial charge is 0.314 e. The van der Waals surface area contributed by atoms with E-state index in [-0.39, 0.29) is 18.7 Å². The molecule has 0 aromatic rings. The molecule has 0 bridgehead atoms. The van der Waals surface area contributed by atoms with Crippen LogP contribution in [0.15, 0.2) is 0 Å². The number of nitrogens with one attached hydrogen (secondary N) is 2. The van der Waals surface area contributed by atoms with Crippen molar-refractivity contribution in [3.8, 4) is 0 Å². The van der Waals surface area contributed by atoms with Crippen LogP contribution in [0, 0.1) is 5.41 Å². The van der Waals surface area contributed by atoms with E-state index in [2.05, 4.69) is 10.6 Å². The van der Waals surface area contributed by atoms with Gasteiger partial charge in [0, 0.05) is 19.7 Å². The molecule has 0 saturated carbocycles. The van der Waals surface area contributed by atoms with Crippen molar-refractivity contribution in [3.63, 3.8) is 0 Å². The third-order valence-electron chi connectivity index (χ3n) is 3.05. The second-order valence-electron chi connectivity index (χ2n) is 5.22. The normalized spacial score (nSPS) is 19.6. The summed E-state index contributed by atoms with van der Waals surface area (Å²) in [7, 11) is 0. The van der Waals surface area contributed by atoms with E-state index < -0.39 is 11.4 Å². The van der Waals surface area contributed by atoms with Crippen LogP contribution in [0.4, 0.5) is 4.79 Å². The van der Waals surface area contributed by atoms with Gasteiger partial charge in [0.15, 0.2) is 0 Å². The van der Waals surface area contributed by atoms with Crippen molar-refractivity contribution in [2.45, 2.75) is 39.2 Å². The number of ether oxygens (including phenoxy) is 1. The van der Waals surface area contributed by atoms with Gasteiger partial charge in [-0.1, -0.05) is 0 Å². The first-order chi connectivity index (χ1) is 8.42. The fraction of sp³-hybridized carbons (Fsp3) is 0.833. The second-order valence-corrected chi connectivity index (χ2v) is 5.22. The van der Waals surface area contributed by atoms with Crippen LogP contribution in [-0.2, 0) is 9.53 Å². The Morgan fingerprint density at radius 3 is 2.67 bits per heavy atom. The Balaban J connectivity index is 2.11. The van der Waals surface area contributed by atoms with Gasteiger partial charge in [-0.2, -0.15) is 0 Å². The summed E-state index contributed by atoms with van der Waals surface area (Å²) >= 11 is 0. The highest BCUT2D eigenvalue weighted by molar-refractivity contribution is 5.77. The lowest BCUT2D eigenvalue weighted by Gasteiger charge is -2.19. The minimum Gasteiger partial charge on any atom is -0.481 e. The summed E-state index contributed by atoms with van der Waals surface area (Å²) < 4.78 is 5.43. The van der Waals surface area contributed by atoms with Crippen molar-refractivity contribution in [3.05, 3.63) is 0 Å². The molecule has 0 aromatic carbocycles. The van der Waals surface area contributed by atoms with Gasteiger partial charge in [0.1, 0.15) is 0 Å². The molecule has 0 radical (unpaired) electrons. The van der Waals surface area contributed by atoms with Crippen LogP contribution >= 0.6 is 0 Å². The van der Waals surface area contributed by atoms with Crippen molar-refractivity contribution in [2.24, 2.45) is 5.41 Å². The Bertz CT molecular complexity index is 298. The first-order valence-electron chi connectivity index (χ1n) is 6.28. The number of carboxylic acids is 1. The number of hydrogen-bond acceptors (Lipinski definition) is 3. The molecule has 2 amide bonds. The summed E-state index contributed by atoms with van der Waals surface area (Å²) in [5, 5.41) is 14.1. The topological polar surface area (TPSA) is 87.7 Å². The molecule has 1 saturated heterocycles. The highest BCUT2D eigenvalue weighted by Gasteiger charge is 2.27. The molecule has 0 aliphatic carbocycles. The van der Waals surface area contributed by atoms with E-state index >= 15 is 0 Å². The van der Waals surface area contributed by atoms with Crippen molar-refractivity contribution >= 4 is 12.0 Å². The lowest BCUT2D eigenvalue weighted by molar-refractivity contribution is -0.146. The first-order valence-corrected chi connectivity index (χ1v) is 6.28. The molecule has 18 heavy (non-hydrogen) atoms. The Labute approximate surface area is 107 Å². The van der Waals surface area contributed by atoms with E-state index in [0.29, 0.717) is 6.54 Å². The second kappa shape index (κ2) is 6.58. The third-order valence-corrected chi connectivity index (χ3v) is 3.05. The molecule has 6 nitrogen and oxygen atoms in total. The highest BCUT2D eigenvalue weighted by Crippen LogP contribution is 2.14. The van der Waals surface area contributed by atoms with Crippen LogP contribution < -0.4 is 10.6 Å². The SMILES string of the molecule is CC(C)(CNC(=O)NCCC1CCCO1)C(=O)O. The van der Waals surface area contributed by atoms with Gasteiger partial charge in [0.25, 0.3) is 0 Å². The van der Waals surface area contributed by atoms with Crippen LogP contribution in [0.3, 0.4) is 0 Å². The van der Waals surface area contributed by atoms with Crippen LogP contribution in [0.1, 0.15) is 33.1 Å². The van der Waals surface area contributed by atoms with Crippen molar-refractivity contribution in [1.82, 2.24) is 10.6 Å². The highest BCUT2D eigenvalue weighted by atomic mass is 16.5. The largest absolute Gasteiger partial charge is 0.481 e. The third kappa shape index (κ3) is 4.91. The summed E-state index contributed by atoms with van der Waals surface area (Å²) in [6, 6.07) is -0.331. The van der Waals surface area contributed by atoms with Gasteiger partial charge in [-0.3, -0.25) is 4.79 Å². The fourth-order valence-corrected chi connectivity index (χ4v) is 1.66. The van der Waals surface area contributed by atoms with Crippen LogP contribution in [0.25, 0.3) is 0 Å². The monoisotopic (exact) mass is 258 g/mol. The number of carbonyl (C=O) groups is 2. The summed E-state index contributed by atoms with van der Waals surface area (Å²) in [6.07, 6.45) is 3.19. The van der Waals surface area contributed by atoms with Crippen molar-refractivity contribution in [2.75, 3.05) is 19.7 Å². The number of hydrogen-bond donors (Lipinski definition) is 3. The Morgan fingerprint density at radius 2 is 2.11 bits per heavy atom. The van der Waals surface area contributed by atoms with Crippen LogP contribution in [0.5, 0.6) is 0 Å². The molecule has 1 atom stereocenters. The summed E-state index contributed by atoms with van der Waals surface area (Å²) in [4.78, 5) is 22.3. The average molecular weight is 258 g/mol.